The summed E-state index contributed by atoms with van der Waals surface area (Å²) >= 11 is 0. The van der Waals surface area contributed by atoms with Crippen LogP contribution in [0.5, 0.6) is 5.75 Å². The van der Waals surface area contributed by atoms with Gasteiger partial charge in [-0.05, 0) is 55.6 Å². The molecule has 2 aromatic rings. The fourth-order valence-electron chi connectivity index (χ4n) is 3.24. The number of hydrogen-bond donors (Lipinski definition) is 1. The van der Waals surface area contributed by atoms with Gasteiger partial charge in [0.15, 0.2) is 0 Å². The first kappa shape index (κ1) is 17.5. The van der Waals surface area contributed by atoms with E-state index in [1.165, 1.54) is 5.56 Å². The lowest BCUT2D eigenvalue weighted by molar-refractivity contribution is 0.127. The third kappa shape index (κ3) is 4.82. The van der Waals surface area contributed by atoms with Crippen molar-refractivity contribution in [1.29, 1.82) is 5.26 Å². The maximum atomic E-state index is 9.24. The van der Waals surface area contributed by atoms with E-state index in [1.807, 2.05) is 36.4 Å². The summed E-state index contributed by atoms with van der Waals surface area (Å²) < 4.78 is 5.90. The van der Waals surface area contributed by atoms with E-state index in [1.54, 1.807) is 0 Å². The molecule has 0 saturated carbocycles. The van der Waals surface area contributed by atoms with Crippen LogP contribution >= 0.6 is 0 Å². The summed E-state index contributed by atoms with van der Waals surface area (Å²) in [6.45, 7) is 3.68. The minimum Gasteiger partial charge on any atom is -0.489 e. The number of aliphatic hydroxyl groups is 1. The van der Waals surface area contributed by atoms with Gasteiger partial charge in [-0.15, -0.1) is 0 Å². The molecule has 0 aliphatic carbocycles. The topological polar surface area (TPSA) is 56.5 Å². The minimum absolute atomic E-state index is 0.307. The highest BCUT2D eigenvalue weighted by Crippen LogP contribution is 2.21. The Labute approximate surface area is 149 Å². The number of nitrogens with zero attached hydrogens (tertiary/aromatic N) is 2. The smallest absolute Gasteiger partial charge is 0.120 e. The zero-order valence-electron chi connectivity index (χ0n) is 14.4. The van der Waals surface area contributed by atoms with E-state index in [-0.39, 0.29) is 0 Å². The van der Waals surface area contributed by atoms with Gasteiger partial charge in [-0.2, -0.15) is 5.26 Å². The highest BCUT2D eigenvalue weighted by atomic mass is 16.5. The summed E-state index contributed by atoms with van der Waals surface area (Å²) in [5.74, 6) is 1.29. The molecule has 130 valence electrons. The molecule has 1 fully saturated rings. The molecule has 0 amide bonds. The summed E-state index contributed by atoms with van der Waals surface area (Å²) in [6.07, 6.45) is 2.13. The number of nitriles is 1. The highest BCUT2D eigenvalue weighted by molar-refractivity contribution is 5.37. The van der Waals surface area contributed by atoms with Crippen molar-refractivity contribution >= 4 is 0 Å². The number of piperidine rings is 1. The molecule has 1 N–H and O–H groups in total. The fraction of sp³-hybridized carbons (Fsp3) is 0.381. The lowest BCUT2D eigenvalue weighted by atomic mass is 9.97. The van der Waals surface area contributed by atoms with Gasteiger partial charge in [0, 0.05) is 18.7 Å². The van der Waals surface area contributed by atoms with Gasteiger partial charge in [0.25, 0.3) is 0 Å². The standard InChI is InChI=1S/C21H24N2O2/c22-13-19-5-1-2-6-20(19)16-25-21-7-3-4-18(12-21)14-23-10-8-17(15-24)9-11-23/h1-7,12,17,24H,8-11,14-16H2. The van der Waals surface area contributed by atoms with Crippen molar-refractivity contribution < 1.29 is 9.84 Å². The van der Waals surface area contributed by atoms with Crippen LogP contribution in [0.2, 0.25) is 0 Å². The zero-order chi connectivity index (χ0) is 17.5. The van der Waals surface area contributed by atoms with Crippen molar-refractivity contribution in [2.45, 2.75) is 26.0 Å². The minimum atomic E-state index is 0.307. The summed E-state index contributed by atoms with van der Waals surface area (Å²) in [6, 6.07) is 17.9. The predicted molar refractivity (Wildman–Crippen MR) is 97.0 cm³/mol. The fourth-order valence-corrected chi connectivity index (χ4v) is 3.24. The van der Waals surface area contributed by atoms with Gasteiger partial charge in [-0.3, -0.25) is 4.90 Å². The Hall–Kier alpha value is -2.35. The Balaban J connectivity index is 1.57. The third-order valence-electron chi connectivity index (χ3n) is 4.80. The first-order valence-electron chi connectivity index (χ1n) is 8.81. The van der Waals surface area contributed by atoms with Crippen LogP contribution in [-0.2, 0) is 13.2 Å². The molecule has 0 aromatic heterocycles. The van der Waals surface area contributed by atoms with Gasteiger partial charge >= 0.3 is 0 Å². The van der Waals surface area contributed by atoms with E-state index in [4.69, 9.17) is 10.00 Å². The van der Waals surface area contributed by atoms with E-state index in [0.29, 0.717) is 24.7 Å². The van der Waals surface area contributed by atoms with Crippen LogP contribution < -0.4 is 4.74 Å². The first-order valence-corrected chi connectivity index (χ1v) is 8.81. The number of rotatable bonds is 6. The number of benzene rings is 2. The van der Waals surface area contributed by atoms with Crippen LogP contribution in [0.1, 0.15) is 29.5 Å². The van der Waals surface area contributed by atoms with Crippen molar-refractivity contribution in [2.24, 2.45) is 5.92 Å². The molecule has 1 heterocycles. The van der Waals surface area contributed by atoms with E-state index in [0.717, 1.165) is 43.8 Å². The van der Waals surface area contributed by atoms with Crippen LogP contribution in [0.15, 0.2) is 48.5 Å². The molecule has 1 aliphatic heterocycles. The van der Waals surface area contributed by atoms with Crippen LogP contribution in [0.3, 0.4) is 0 Å². The SMILES string of the molecule is N#Cc1ccccc1COc1cccc(CN2CCC(CO)CC2)c1. The average molecular weight is 336 g/mol. The maximum absolute atomic E-state index is 9.24. The van der Waals surface area contributed by atoms with E-state index in [2.05, 4.69) is 23.1 Å². The third-order valence-corrected chi connectivity index (χ3v) is 4.80. The average Bonchev–Trinajstić information content (AvgIpc) is 2.67. The highest BCUT2D eigenvalue weighted by Gasteiger charge is 2.18. The second-order valence-corrected chi connectivity index (χ2v) is 6.61. The van der Waals surface area contributed by atoms with Gasteiger partial charge in [-0.1, -0.05) is 30.3 Å². The first-order chi connectivity index (χ1) is 12.3. The monoisotopic (exact) mass is 336 g/mol. The van der Waals surface area contributed by atoms with Gasteiger partial charge < -0.3 is 9.84 Å². The van der Waals surface area contributed by atoms with Gasteiger partial charge in [-0.25, -0.2) is 0 Å². The predicted octanol–water partition coefficient (Wildman–Crippen LogP) is 3.34. The number of ether oxygens (including phenoxy) is 1. The molecule has 4 heteroatoms. The van der Waals surface area contributed by atoms with Crippen molar-refractivity contribution in [3.05, 3.63) is 65.2 Å². The molecule has 0 bridgehead atoms. The lowest BCUT2D eigenvalue weighted by Crippen LogP contribution is -2.34. The number of hydrogen-bond acceptors (Lipinski definition) is 4. The summed E-state index contributed by atoms with van der Waals surface area (Å²) in [7, 11) is 0. The largest absolute Gasteiger partial charge is 0.489 e. The molecule has 0 spiro atoms. The maximum Gasteiger partial charge on any atom is 0.120 e. The number of likely N-dealkylation sites (tertiary alicyclic amines) is 1. The molecule has 2 aromatic carbocycles. The molecule has 0 unspecified atom stereocenters. The van der Waals surface area contributed by atoms with Crippen LogP contribution in [-0.4, -0.2) is 29.7 Å². The second-order valence-electron chi connectivity index (χ2n) is 6.61. The van der Waals surface area contributed by atoms with E-state index < -0.39 is 0 Å². The normalized spacial score (nSPS) is 15.7. The van der Waals surface area contributed by atoms with Gasteiger partial charge in [0.2, 0.25) is 0 Å². The molecule has 3 rings (SSSR count). The Morgan fingerprint density at radius 2 is 1.92 bits per heavy atom. The molecule has 0 atom stereocenters. The summed E-state index contributed by atoms with van der Waals surface area (Å²) in [5.41, 5.74) is 2.79. The molecule has 4 nitrogen and oxygen atoms in total. The zero-order valence-corrected chi connectivity index (χ0v) is 14.4. The summed E-state index contributed by atoms with van der Waals surface area (Å²) in [5, 5.41) is 18.4. The van der Waals surface area contributed by atoms with Crippen LogP contribution in [0.25, 0.3) is 0 Å². The quantitative estimate of drug-likeness (QED) is 0.879. The van der Waals surface area contributed by atoms with Crippen LogP contribution in [0, 0.1) is 17.2 Å². The molecular weight excluding hydrogens is 312 g/mol. The van der Waals surface area contributed by atoms with Crippen molar-refractivity contribution in [2.75, 3.05) is 19.7 Å². The van der Waals surface area contributed by atoms with E-state index in [9.17, 15) is 5.11 Å². The van der Waals surface area contributed by atoms with Gasteiger partial charge in [0.1, 0.15) is 12.4 Å². The van der Waals surface area contributed by atoms with Crippen LogP contribution in [0.4, 0.5) is 0 Å². The van der Waals surface area contributed by atoms with Gasteiger partial charge in [0.05, 0.1) is 11.6 Å². The molecule has 0 radical (unpaired) electrons. The Bertz CT molecular complexity index is 731. The summed E-state index contributed by atoms with van der Waals surface area (Å²) in [4.78, 5) is 2.43. The molecule has 25 heavy (non-hydrogen) atoms. The molecule has 1 saturated heterocycles. The molecular formula is C21H24N2O2. The Morgan fingerprint density at radius 1 is 1.12 bits per heavy atom. The lowest BCUT2D eigenvalue weighted by Gasteiger charge is -2.31. The number of aliphatic hydroxyl groups excluding tert-OH is 1. The van der Waals surface area contributed by atoms with Crippen molar-refractivity contribution in [3.63, 3.8) is 0 Å². The Kier molecular flexibility index (Phi) is 6.05. The molecule has 1 aliphatic rings. The second kappa shape index (κ2) is 8.66. The van der Waals surface area contributed by atoms with Crippen molar-refractivity contribution in [3.8, 4) is 11.8 Å². The Morgan fingerprint density at radius 3 is 2.68 bits per heavy atom. The van der Waals surface area contributed by atoms with Crippen molar-refractivity contribution in [1.82, 2.24) is 4.90 Å². The van der Waals surface area contributed by atoms with E-state index >= 15 is 0 Å².